The molecule has 2 aliphatic heterocycles. The summed E-state index contributed by atoms with van der Waals surface area (Å²) in [5, 5.41) is 12.2. The van der Waals surface area contributed by atoms with Crippen molar-refractivity contribution >= 4 is 11.6 Å². The lowest BCUT2D eigenvalue weighted by molar-refractivity contribution is -0.137. The maximum Gasteiger partial charge on any atom is 0.416 e. The van der Waals surface area contributed by atoms with E-state index in [4.69, 9.17) is 9.47 Å². The van der Waals surface area contributed by atoms with Crippen LogP contribution in [0, 0.1) is 6.92 Å². The number of amides is 1. The van der Waals surface area contributed by atoms with Gasteiger partial charge in [0.2, 0.25) is 0 Å². The van der Waals surface area contributed by atoms with Gasteiger partial charge in [-0.05, 0) is 62.3 Å². The smallest absolute Gasteiger partial charge is 0.416 e. The Hall–Kier alpha value is -2.92. The molecule has 2 atom stereocenters. The summed E-state index contributed by atoms with van der Waals surface area (Å²) < 4.78 is 51.2. The number of carbonyl (C=O) groups excluding carboxylic acids is 1. The number of fused-ring (bicyclic) bond motifs is 1. The number of hydrogen-bond acceptors (Lipinski definition) is 7. The minimum atomic E-state index is -4.41. The largest absolute Gasteiger partial charge is 0.478 e. The summed E-state index contributed by atoms with van der Waals surface area (Å²) in [6.07, 6.45) is 2.70. The van der Waals surface area contributed by atoms with Gasteiger partial charge in [-0.15, -0.1) is 10.2 Å². The fourth-order valence-electron chi connectivity index (χ4n) is 6.40. The van der Waals surface area contributed by atoms with Crippen LogP contribution in [-0.4, -0.2) is 73.0 Å². The highest BCUT2D eigenvalue weighted by Crippen LogP contribution is 2.37. The van der Waals surface area contributed by atoms with E-state index in [1.54, 1.807) is 13.2 Å². The number of carbonyl (C=O) groups is 1. The lowest BCUT2D eigenvalue weighted by Gasteiger charge is -2.38. The van der Waals surface area contributed by atoms with Crippen molar-refractivity contribution in [2.75, 3.05) is 38.8 Å². The quantitative estimate of drug-likeness (QED) is 0.555. The molecule has 11 heteroatoms. The zero-order chi connectivity index (χ0) is 28.4. The molecule has 1 aromatic heterocycles. The summed E-state index contributed by atoms with van der Waals surface area (Å²) >= 11 is 0. The summed E-state index contributed by atoms with van der Waals surface area (Å²) in [7, 11) is 3.26. The van der Waals surface area contributed by atoms with Gasteiger partial charge in [-0.1, -0.05) is 18.9 Å². The number of piperidine rings is 1. The second kappa shape index (κ2) is 11.9. The maximum absolute atomic E-state index is 13.6. The fourth-order valence-corrected chi connectivity index (χ4v) is 6.40. The van der Waals surface area contributed by atoms with Gasteiger partial charge in [-0.2, -0.15) is 13.2 Å². The van der Waals surface area contributed by atoms with Gasteiger partial charge in [-0.3, -0.25) is 4.79 Å². The fraction of sp³-hybridized carbons (Fsp3) is 0.621. The Labute approximate surface area is 233 Å². The van der Waals surface area contributed by atoms with Crippen molar-refractivity contribution in [1.29, 1.82) is 0 Å². The average molecular weight is 562 g/mol. The van der Waals surface area contributed by atoms with Crippen LogP contribution in [0.4, 0.5) is 18.9 Å². The van der Waals surface area contributed by atoms with Crippen LogP contribution in [0.2, 0.25) is 0 Å². The Kier molecular flexibility index (Phi) is 8.51. The highest BCUT2D eigenvalue weighted by atomic mass is 19.4. The number of benzene rings is 1. The highest BCUT2D eigenvalue weighted by Gasteiger charge is 2.34. The maximum atomic E-state index is 13.6. The first-order valence-electron chi connectivity index (χ1n) is 14.1. The third kappa shape index (κ3) is 5.90. The molecule has 1 N–H and O–H groups in total. The second-order valence-electron chi connectivity index (χ2n) is 11.1. The summed E-state index contributed by atoms with van der Waals surface area (Å²) in [6, 6.07) is 4.59. The van der Waals surface area contributed by atoms with Gasteiger partial charge in [0.1, 0.15) is 5.69 Å². The molecule has 0 radical (unpaired) electrons. The molecule has 8 nitrogen and oxygen atoms in total. The van der Waals surface area contributed by atoms with Crippen LogP contribution in [0.5, 0.6) is 5.88 Å². The number of methoxy groups -OCH3 is 2. The van der Waals surface area contributed by atoms with Crippen molar-refractivity contribution in [3.8, 4) is 5.88 Å². The third-order valence-corrected chi connectivity index (χ3v) is 8.65. The molecule has 0 unspecified atom stereocenters. The van der Waals surface area contributed by atoms with Crippen molar-refractivity contribution < 1.29 is 27.4 Å². The summed E-state index contributed by atoms with van der Waals surface area (Å²) in [6.45, 7) is 3.86. The number of likely N-dealkylation sites (tertiary alicyclic amines) is 1. The molecule has 218 valence electrons. The number of nitrogens with one attached hydrogen (secondary N) is 1. The van der Waals surface area contributed by atoms with Crippen LogP contribution in [0.15, 0.2) is 18.2 Å². The van der Waals surface area contributed by atoms with E-state index in [2.05, 4.69) is 15.5 Å². The van der Waals surface area contributed by atoms with E-state index in [1.165, 1.54) is 26.0 Å². The zero-order valence-corrected chi connectivity index (χ0v) is 23.4. The van der Waals surface area contributed by atoms with Crippen molar-refractivity contribution in [2.45, 2.75) is 82.8 Å². The predicted octanol–water partition coefficient (Wildman–Crippen LogP) is 4.53. The molecule has 5 rings (SSSR count). The van der Waals surface area contributed by atoms with Crippen LogP contribution < -0.4 is 15.0 Å². The SMILES string of the molecule is COc1nnc(C(=O)N2CCC(N[C@H]3CCCC[C@H]3OC)CC2)c(C)c1N1CCc2ccc(C(F)(F)F)cc2C1. The van der Waals surface area contributed by atoms with Gasteiger partial charge in [-0.25, -0.2) is 0 Å². The Bertz CT molecular complexity index is 1220. The Morgan fingerprint density at radius 2 is 1.77 bits per heavy atom. The second-order valence-corrected chi connectivity index (χ2v) is 11.1. The van der Waals surface area contributed by atoms with E-state index in [0.717, 1.165) is 37.3 Å². The van der Waals surface area contributed by atoms with Crippen LogP contribution in [0.25, 0.3) is 0 Å². The molecule has 1 amide bonds. The van der Waals surface area contributed by atoms with Gasteiger partial charge in [0.25, 0.3) is 11.8 Å². The lowest BCUT2D eigenvalue weighted by atomic mass is 9.90. The van der Waals surface area contributed by atoms with E-state index in [9.17, 15) is 18.0 Å². The van der Waals surface area contributed by atoms with Crippen molar-refractivity contribution in [3.63, 3.8) is 0 Å². The van der Waals surface area contributed by atoms with Crippen molar-refractivity contribution in [3.05, 3.63) is 46.1 Å². The number of ether oxygens (including phenoxy) is 2. The number of aromatic nitrogens is 2. The monoisotopic (exact) mass is 561 g/mol. The Morgan fingerprint density at radius 1 is 1.02 bits per heavy atom. The molecule has 1 saturated heterocycles. The Morgan fingerprint density at radius 3 is 2.48 bits per heavy atom. The molecule has 1 aromatic carbocycles. The molecular weight excluding hydrogens is 523 g/mol. The topological polar surface area (TPSA) is 79.8 Å². The first-order chi connectivity index (χ1) is 19.2. The van der Waals surface area contributed by atoms with Crippen LogP contribution >= 0.6 is 0 Å². The zero-order valence-electron chi connectivity index (χ0n) is 23.4. The van der Waals surface area contributed by atoms with Crippen molar-refractivity contribution in [2.24, 2.45) is 0 Å². The highest BCUT2D eigenvalue weighted by molar-refractivity contribution is 5.95. The number of alkyl halides is 3. The standard InChI is InChI=1S/C29H38F3N5O3/c1-18-25(28(38)36-14-11-22(12-15-36)33-23-6-4-5-7-24(23)39-2)34-35-27(40-3)26(18)37-13-10-19-8-9-21(29(30,31)32)16-20(19)17-37/h8-9,16,22-24,33H,4-7,10-15,17H2,1-3H3/t23-,24+/m0/s1. The average Bonchev–Trinajstić information content (AvgIpc) is 2.96. The van der Waals surface area contributed by atoms with E-state index in [-0.39, 0.29) is 30.1 Å². The minimum Gasteiger partial charge on any atom is -0.478 e. The summed E-state index contributed by atoms with van der Waals surface area (Å²) in [5.41, 5.74) is 2.31. The normalized spacial score (nSPS) is 22.2. The molecule has 40 heavy (non-hydrogen) atoms. The molecule has 1 saturated carbocycles. The number of nitrogens with zero attached hydrogens (tertiary/aromatic N) is 4. The van der Waals surface area contributed by atoms with Crippen LogP contribution in [0.1, 0.15) is 71.3 Å². The first-order valence-corrected chi connectivity index (χ1v) is 14.1. The van der Waals surface area contributed by atoms with Gasteiger partial charge >= 0.3 is 6.18 Å². The van der Waals surface area contributed by atoms with E-state index in [1.807, 2.05) is 16.7 Å². The van der Waals surface area contributed by atoms with Crippen LogP contribution in [0.3, 0.4) is 0 Å². The summed E-state index contributed by atoms with van der Waals surface area (Å²) in [4.78, 5) is 17.4. The molecule has 0 spiro atoms. The molecule has 3 heterocycles. The van der Waals surface area contributed by atoms with E-state index < -0.39 is 11.7 Å². The third-order valence-electron chi connectivity index (χ3n) is 8.65. The van der Waals surface area contributed by atoms with Gasteiger partial charge < -0.3 is 24.6 Å². The minimum absolute atomic E-state index is 0.184. The molecule has 0 bridgehead atoms. The van der Waals surface area contributed by atoms with Crippen LogP contribution in [-0.2, 0) is 23.9 Å². The summed E-state index contributed by atoms with van der Waals surface area (Å²) in [5.74, 6) is 0.0733. The first kappa shape index (κ1) is 28.6. The van der Waals surface area contributed by atoms with Crippen molar-refractivity contribution in [1.82, 2.24) is 20.4 Å². The molecule has 3 aliphatic rings. The number of rotatable bonds is 6. The molecular formula is C29H38F3N5O3. The molecule has 2 fully saturated rings. The van der Waals surface area contributed by atoms with Gasteiger partial charge in [0, 0.05) is 50.9 Å². The number of halogens is 3. The Balaban J connectivity index is 1.30. The van der Waals surface area contributed by atoms with Gasteiger partial charge in [0.05, 0.1) is 18.8 Å². The van der Waals surface area contributed by atoms with Gasteiger partial charge in [0.15, 0.2) is 5.69 Å². The van der Waals surface area contributed by atoms with E-state index >= 15 is 0 Å². The predicted molar refractivity (Wildman–Crippen MR) is 145 cm³/mol. The lowest BCUT2D eigenvalue weighted by Crippen LogP contribution is -2.52. The van der Waals surface area contributed by atoms with E-state index in [0.29, 0.717) is 55.0 Å². The number of anilines is 1. The molecule has 2 aromatic rings. The molecule has 1 aliphatic carbocycles. The number of hydrogen-bond donors (Lipinski definition) is 1.